The van der Waals surface area contributed by atoms with E-state index >= 15 is 0 Å². The standard InChI is InChI=1S/C18H18Cl2N2O3/c1-2-25-17(23)15(11-12-7-4-3-5-8-12)22-18(24)21-14-10-6-9-13(19)16(14)20/h3-10,15H,2,11H2,1H3,(H2,21,22,24). The minimum Gasteiger partial charge on any atom is -0.464 e. The van der Waals surface area contributed by atoms with Crippen LogP contribution < -0.4 is 10.6 Å². The lowest BCUT2D eigenvalue weighted by atomic mass is 10.1. The van der Waals surface area contributed by atoms with E-state index in [1.807, 2.05) is 30.3 Å². The molecule has 2 aromatic carbocycles. The van der Waals surface area contributed by atoms with Crippen molar-refractivity contribution < 1.29 is 14.3 Å². The number of rotatable bonds is 6. The minimum absolute atomic E-state index is 0.230. The summed E-state index contributed by atoms with van der Waals surface area (Å²) in [7, 11) is 0. The number of hydrogen-bond donors (Lipinski definition) is 2. The van der Waals surface area contributed by atoms with E-state index in [0.29, 0.717) is 17.1 Å². The molecule has 1 unspecified atom stereocenters. The van der Waals surface area contributed by atoms with Gasteiger partial charge >= 0.3 is 12.0 Å². The number of halogens is 2. The third-order valence-corrected chi connectivity index (χ3v) is 4.18. The molecule has 0 aliphatic rings. The van der Waals surface area contributed by atoms with Gasteiger partial charge < -0.3 is 15.4 Å². The highest BCUT2D eigenvalue weighted by Crippen LogP contribution is 2.29. The number of ether oxygens (including phenoxy) is 1. The molecule has 5 nitrogen and oxygen atoms in total. The van der Waals surface area contributed by atoms with Gasteiger partial charge in [0.25, 0.3) is 0 Å². The number of amides is 2. The summed E-state index contributed by atoms with van der Waals surface area (Å²) in [5.41, 5.74) is 1.26. The largest absolute Gasteiger partial charge is 0.464 e. The second kappa shape index (κ2) is 9.30. The molecule has 2 N–H and O–H groups in total. The zero-order valence-electron chi connectivity index (χ0n) is 13.6. The molecule has 0 saturated carbocycles. The summed E-state index contributed by atoms with van der Waals surface area (Å²) in [5, 5.41) is 5.77. The van der Waals surface area contributed by atoms with Gasteiger partial charge in [0, 0.05) is 6.42 Å². The Balaban J connectivity index is 2.08. The second-order valence-corrected chi connectivity index (χ2v) is 5.98. The van der Waals surface area contributed by atoms with Crippen molar-refractivity contribution in [2.75, 3.05) is 11.9 Å². The fourth-order valence-electron chi connectivity index (χ4n) is 2.20. The lowest BCUT2D eigenvalue weighted by Crippen LogP contribution is -2.45. The van der Waals surface area contributed by atoms with Gasteiger partial charge in [-0.05, 0) is 24.6 Å². The molecule has 0 saturated heterocycles. The highest BCUT2D eigenvalue weighted by atomic mass is 35.5. The Labute approximate surface area is 156 Å². The molecule has 132 valence electrons. The molecule has 0 aliphatic heterocycles. The van der Waals surface area contributed by atoms with Crippen LogP contribution in [0.15, 0.2) is 48.5 Å². The van der Waals surface area contributed by atoms with Gasteiger partial charge in [0.1, 0.15) is 6.04 Å². The average Bonchev–Trinajstić information content (AvgIpc) is 2.59. The van der Waals surface area contributed by atoms with Crippen LogP contribution in [0.3, 0.4) is 0 Å². The maximum absolute atomic E-state index is 12.3. The third kappa shape index (κ3) is 5.66. The van der Waals surface area contributed by atoms with Gasteiger partial charge in [-0.3, -0.25) is 0 Å². The molecule has 0 heterocycles. The Morgan fingerprint density at radius 3 is 2.48 bits per heavy atom. The summed E-state index contributed by atoms with van der Waals surface area (Å²) >= 11 is 12.0. The Morgan fingerprint density at radius 2 is 1.80 bits per heavy atom. The number of carbonyl (C=O) groups excluding carboxylic acids is 2. The first-order chi connectivity index (χ1) is 12.0. The van der Waals surface area contributed by atoms with Crippen molar-refractivity contribution in [3.8, 4) is 0 Å². The summed E-state index contributed by atoms with van der Waals surface area (Å²) in [6.07, 6.45) is 0.316. The molecule has 0 radical (unpaired) electrons. The number of benzene rings is 2. The predicted molar refractivity (Wildman–Crippen MR) is 99.2 cm³/mol. The van der Waals surface area contributed by atoms with Crippen molar-refractivity contribution in [2.24, 2.45) is 0 Å². The molecule has 0 aromatic heterocycles. The zero-order valence-corrected chi connectivity index (χ0v) is 15.1. The molecule has 0 bridgehead atoms. The van der Waals surface area contributed by atoms with Crippen LogP contribution in [0.5, 0.6) is 0 Å². The first-order valence-electron chi connectivity index (χ1n) is 7.73. The van der Waals surface area contributed by atoms with Crippen molar-refractivity contribution in [3.63, 3.8) is 0 Å². The van der Waals surface area contributed by atoms with Gasteiger partial charge in [0.05, 0.1) is 22.3 Å². The van der Waals surface area contributed by atoms with E-state index in [1.165, 1.54) is 0 Å². The second-order valence-electron chi connectivity index (χ2n) is 5.19. The lowest BCUT2D eigenvalue weighted by Gasteiger charge is -2.18. The van der Waals surface area contributed by atoms with E-state index in [4.69, 9.17) is 27.9 Å². The van der Waals surface area contributed by atoms with E-state index in [-0.39, 0.29) is 11.6 Å². The van der Waals surface area contributed by atoms with Gasteiger partial charge in [0.15, 0.2) is 0 Å². The maximum atomic E-state index is 12.3. The molecule has 2 rings (SSSR count). The van der Waals surface area contributed by atoms with E-state index in [2.05, 4.69) is 10.6 Å². The molecule has 0 aliphatic carbocycles. The van der Waals surface area contributed by atoms with Crippen molar-refractivity contribution in [1.29, 1.82) is 0 Å². The first-order valence-corrected chi connectivity index (χ1v) is 8.49. The Hall–Kier alpha value is -2.24. The highest BCUT2D eigenvalue weighted by Gasteiger charge is 2.23. The number of esters is 1. The quantitative estimate of drug-likeness (QED) is 0.734. The number of anilines is 1. The van der Waals surface area contributed by atoms with Crippen molar-refractivity contribution in [3.05, 3.63) is 64.1 Å². The highest BCUT2D eigenvalue weighted by molar-refractivity contribution is 6.43. The summed E-state index contributed by atoms with van der Waals surface area (Å²) in [4.78, 5) is 24.4. The Bertz CT molecular complexity index is 738. The maximum Gasteiger partial charge on any atom is 0.329 e. The molecular weight excluding hydrogens is 363 g/mol. The SMILES string of the molecule is CCOC(=O)C(Cc1ccccc1)NC(=O)Nc1cccc(Cl)c1Cl. The topological polar surface area (TPSA) is 67.4 Å². The van der Waals surface area contributed by atoms with Crippen LogP contribution in [0, 0.1) is 0 Å². The zero-order chi connectivity index (χ0) is 18.2. The molecule has 7 heteroatoms. The van der Waals surface area contributed by atoms with E-state index in [9.17, 15) is 9.59 Å². The van der Waals surface area contributed by atoms with Crippen molar-refractivity contribution in [2.45, 2.75) is 19.4 Å². The van der Waals surface area contributed by atoms with Crippen LogP contribution in [0.2, 0.25) is 10.0 Å². The number of carbonyl (C=O) groups is 2. The summed E-state index contributed by atoms with van der Waals surface area (Å²) < 4.78 is 5.04. The smallest absolute Gasteiger partial charge is 0.329 e. The lowest BCUT2D eigenvalue weighted by molar-refractivity contribution is -0.145. The average molecular weight is 381 g/mol. The van der Waals surface area contributed by atoms with Crippen LogP contribution in [-0.2, 0) is 16.0 Å². The van der Waals surface area contributed by atoms with E-state index < -0.39 is 18.0 Å². The van der Waals surface area contributed by atoms with Gasteiger partial charge in [-0.25, -0.2) is 9.59 Å². The van der Waals surface area contributed by atoms with Crippen LogP contribution >= 0.6 is 23.2 Å². The molecule has 25 heavy (non-hydrogen) atoms. The van der Waals surface area contributed by atoms with Crippen LogP contribution in [0.4, 0.5) is 10.5 Å². The minimum atomic E-state index is -0.819. The van der Waals surface area contributed by atoms with Crippen LogP contribution in [-0.4, -0.2) is 24.6 Å². The van der Waals surface area contributed by atoms with Gasteiger partial charge in [-0.1, -0.05) is 59.6 Å². The molecular formula is C18H18Cl2N2O3. The van der Waals surface area contributed by atoms with Gasteiger partial charge in [-0.2, -0.15) is 0 Å². The van der Waals surface area contributed by atoms with Gasteiger partial charge in [-0.15, -0.1) is 0 Å². The van der Waals surface area contributed by atoms with Crippen LogP contribution in [0.25, 0.3) is 0 Å². The molecule has 2 amide bonds. The van der Waals surface area contributed by atoms with Crippen molar-refractivity contribution in [1.82, 2.24) is 5.32 Å². The van der Waals surface area contributed by atoms with Crippen LogP contribution in [0.1, 0.15) is 12.5 Å². The third-order valence-electron chi connectivity index (χ3n) is 3.36. The summed E-state index contributed by atoms with van der Waals surface area (Å²) in [5.74, 6) is -0.501. The number of urea groups is 1. The number of nitrogens with one attached hydrogen (secondary N) is 2. The summed E-state index contributed by atoms with van der Waals surface area (Å²) in [6, 6.07) is 12.9. The molecule has 2 aromatic rings. The molecule has 0 fully saturated rings. The fourth-order valence-corrected chi connectivity index (χ4v) is 2.55. The van der Waals surface area contributed by atoms with Gasteiger partial charge in [0.2, 0.25) is 0 Å². The fraction of sp³-hybridized carbons (Fsp3) is 0.222. The predicted octanol–water partition coefficient (Wildman–Crippen LogP) is 4.29. The molecule has 1 atom stereocenters. The molecule has 0 spiro atoms. The number of hydrogen-bond acceptors (Lipinski definition) is 3. The normalized spacial score (nSPS) is 11.5. The van der Waals surface area contributed by atoms with Crippen molar-refractivity contribution >= 4 is 40.9 Å². The monoisotopic (exact) mass is 380 g/mol. The Kier molecular flexibility index (Phi) is 7.10. The van der Waals surface area contributed by atoms with E-state index in [0.717, 1.165) is 5.56 Å². The first kappa shape index (κ1) is 19.1. The Morgan fingerprint density at radius 1 is 1.08 bits per heavy atom. The summed E-state index contributed by atoms with van der Waals surface area (Å²) in [6.45, 7) is 1.94. The van der Waals surface area contributed by atoms with E-state index in [1.54, 1.807) is 25.1 Å².